The van der Waals surface area contributed by atoms with Crippen LogP contribution in [0.25, 0.3) is 43.6 Å². The summed E-state index contributed by atoms with van der Waals surface area (Å²) in [6.07, 6.45) is 0. The second-order valence-corrected chi connectivity index (χ2v) is 8.88. The van der Waals surface area contributed by atoms with E-state index in [2.05, 4.69) is 9.97 Å². The van der Waals surface area contributed by atoms with Crippen molar-refractivity contribution in [1.82, 2.24) is 9.97 Å². The second kappa shape index (κ2) is 6.01. The van der Waals surface area contributed by atoms with Crippen LogP contribution in [0.1, 0.15) is 11.1 Å². The maximum absolute atomic E-state index is 13.1. The minimum atomic E-state index is -4.44. The maximum Gasteiger partial charge on any atom is 0.294 e. The van der Waals surface area contributed by atoms with Crippen LogP contribution in [0.15, 0.2) is 56.9 Å². The molecule has 0 bridgehead atoms. The molecule has 7 nitrogen and oxygen atoms in total. The molecule has 5 rings (SSSR count). The van der Waals surface area contributed by atoms with E-state index in [9.17, 15) is 22.6 Å². The molecular weight excluding hydrogens is 404 g/mol. The first kappa shape index (κ1) is 18.5. The fourth-order valence-electron chi connectivity index (χ4n) is 4.03. The van der Waals surface area contributed by atoms with Gasteiger partial charge < -0.3 is 9.97 Å². The monoisotopic (exact) mass is 420 g/mol. The SMILES string of the molecule is Cc1ccc2[nH]c3cc4c(=O)c5ccc(S(=O)(=O)O)c(C)c5[nH]c4cc3c(=O)c2c1. The van der Waals surface area contributed by atoms with Crippen LogP contribution in [0.2, 0.25) is 0 Å². The van der Waals surface area contributed by atoms with E-state index in [-0.39, 0.29) is 21.3 Å². The maximum atomic E-state index is 13.1. The average molecular weight is 420 g/mol. The third-order valence-electron chi connectivity index (χ3n) is 5.53. The van der Waals surface area contributed by atoms with E-state index in [1.165, 1.54) is 19.1 Å². The molecular formula is C22H16N2O5S. The highest BCUT2D eigenvalue weighted by Gasteiger charge is 2.18. The number of fused-ring (bicyclic) bond motifs is 4. The van der Waals surface area contributed by atoms with Gasteiger partial charge in [0.2, 0.25) is 0 Å². The van der Waals surface area contributed by atoms with Gasteiger partial charge >= 0.3 is 0 Å². The van der Waals surface area contributed by atoms with Crippen molar-refractivity contribution >= 4 is 53.7 Å². The molecule has 0 saturated carbocycles. The van der Waals surface area contributed by atoms with E-state index < -0.39 is 10.1 Å². The third-order valence-corrected chi connectivity index (χ3v) is 6.53. The van der Waals surface area contributed by atoms with Crippen LogP contribution in [-0.4, -0.2) is 22.9 Å². The summed E-state index contributed by atoms with van der Waals surface area (Å²) in [5.41, 5.74) is 2.67. The number of aromatic amines is 2. The first-order valence-corrected chi connectivity index (χ1v) is 10.6. The van der Waals surface area contributed by atoms with Crippen molar-refractivity contribution in [2.75, 3.05) is 0 Å². The second-order valence-electron chi connectivity index (χ2n) is 7.49. The summed E-state index contributed by atoms with van der Waals surface area (Å²) in [6.45, 7) is 3.42. The van der Waals surface area contributed by atoms with Crippen molar-refractivity contribution < 1.29 is 13.0 Å². The van der Waals surface area contributed by atoms with Gasteiger partial charge in [-0.1, -0.05) is 11.6 Å². The van der Waals surface area contributed by atoms with E-state index in [1.807, 2.05) is 25.1 Å². The molecule has 0 spiro atoms. The van der Waals surface area contributed by atoms with Crippen molar-refractivity contribution in [3.63, 3.8) is 0 Å². The Morgan fingerprint density at radius 3 is 2.00 bits per heavy atom. The Kier molecular flexibility index (Phi) is 3.71. The lowest BCUT2D eigenvalue weighted by Crippen LogP contribution is -2.10. The molecule has 0 saturated heterocycles. The minimum absolute atomic E-state index is 0.159. The molecule has 0 amide bonds. The zero-order chi connectivity index (χ0) is 21.4. The molecule has 0 radical (unpaired) electrons. The number of rotatable bonds is 1. The van der Waals surface area contributed by atoms with Crippen molar-refractivity contribution in [2.24, 2.45) is 0 Å². The zero-order valence-electron chi connectivity index (χ0n) is 16.0. The first-order chi connectivity index (χ1) is 14.1. The van der Waals surface area contributed by atoms with Crippen molar-refractivity contribution in [3.8, 4) is 0 Å². The van der Waals surface area contributed by atoms with Crippen LogP contribution in [0.5, 0.6) is 0 Å². The van der Waals surface area contributed by atoms with E-state index >= 15 is 0 Å². The van der Waals surface area contributed by atoms with Crippen molar-refractivity contribution in [2.45, 2.75) is 18.7 Å². The molecule has 5 aromatic rings. The number of hydrogen-bond donors (Lipinski definition) is 3. The van der Waals surface area contributed by atoms with Crippen LogP contribution < -0.4 is 10.9 Å². The summed E-state index contributed by atoms with van der Waals surface area (Å²) >= 11 is 0. The molecule has 150 valence electrons. The number of H-pyrrole nitrogens is 2. The number of aromatic nitrogens is 2. The van der Waals surface area contributed by atoms with Gasteiger partial charge in [0.15, 0.2) is 10.9 Å². The quantitative estimate of drug-likeness (QED) is 0.283. The Hall–Kier alpha value is -3.49. The van der Waals surface area contributed by atoms with Gasteiger partial charge in [-0.3, -0.25) is 14.1 Å². The molecule has 3 N–H and O–H groups in total. The van der Waals surface area contributed by atoms with Gasteiger partial charge in [-0.25, -0.2) is 0 Å². The van der Waals surface area contributed by atoms with Crippen molar-refractivity contribution in [3.05, 3.63) is 74.0 Å². The predicted molar refractivity (Wildman–Crippen MR) is 117 cm³/mol. The Bertz CT molecular complexity index is 1780. The number of aryl methyl sites for hydroxylation is 2. The van der Waals surface area contributed by atoms with Gasteiger partial charge in [0.05, 0.1) is 21.4 Å². The Balaban J connectivity index is 1.97. The smallest absolute Gasteiger partial charge is 0.294 e. The molecule has 0 aliphatic heterocycles. The van der Waals surface area contributed by atoms with E-state index in [4.69, 9.17) is 0 Å². The van der Waals surface area contributed by atoms with Gasteiger partial charge in [0.25, 0.3) is 10.1 Å². The Morgan fingerprint density at radius 1 is 0.733 bits per heavy atom. The lowest BCUT2D eigenvalue weighted by atomic mass is 10.0. The van der Waals surface area contributed by atoms with Crippen LogP contribution in [0.4, 0.5) is 0 Å². The predicted octanol–water partition coefficient (Wildman–Crippen LogP) is 3.54. The van der Waals surface area contributed by atoms with Crippen LogP contribution in [0, 0.1) is 13.8 Å². The van der Waals surface area contributed by atoms with Gasteiger partial charge in [-0.05, 0) is 55.8 Å². The van der Waals surface area contributed by atoms with Crippen molar-refractivity contribution in [1.29, 1.82) is 0 Å². The molecule has 0 unspecified atom stereocenters. The number of pyridine rings is 2. The molecule has 2 aromatic heterocycles. The summed E-state index contributed by atoms with van der Waals surface area (Å²) in [7, 11) is -4.44. The molecule has 30 heavy (non-hydrogen) atoms. The minimum Gasteiger partial charge on any atom is -0.354 e. The van der Waals surface area contributed by atoms with Crippen LogP contribution >= 0.6 is 0 Å². The summed E-state index contributed by atoms with van der Waals surface area (Å²) in [5, 5.41) is 1.63. The van der Waals surface area contributed by atoms with Gasteiger partial charge in [-0.15, -0.1) is 0 Å². The molecule has 3 aromatic carbocycles. The largest absolute Gasteiger partial charge is 0.354 e. The topological polar surface area (TPSA) is 120 Å². The highest BCUT2D eigenvalue weighted by molar-refractivity contribution is 7.85. The molecule has 0 atom stereocenters. The van der Waals surface area contributed by atoms with E-state index in [0.29, 0.717) is 43.6 Å². The van der Waals surface area contributed by atoms with Gasteiger partial charge in [0, 0.05) is 27.1 Å². The van der Waals surface area contributed by atoms with E-state index in [0.717, 1.165) is 5.56 Å². The third kappa shape index (κ3) is 2.58. The van der Waals surface area contributed by atoms with Gasteiger partial charge in [0.1, 0.15) is 0 Å². The summed E-state index contributed by atoms with van der Waals surface area (Å²) in [4.78, 5) is 32.2. The number of hydrogen-bond acceptors (Lipinski definition) is 4. The average Bonchev–Trinajstić information content (AvgIpc) is 2.68. The highest BCUT2D eigenvalue weighted by Crippen LogP contribution is 2.26. The zero-order valence-corrected chi connectivity index (χ0v) is 16.8. The molecule has 0 aliphatic carbocycles. The summed E-state index contributed by atoms with van der Waals surface area (Å²) in [5.74, 6) is 0. The molecule has 2 heterocycles. The lowest BCUT2D eigenvalue weighted by Gasteiger charge is -2.10. The van der Waals surface area contributed by atoms with Crippen LogP contribution in [0.3, 0.4) is 0 Å². The number of nitrogens with one attached hydrogen (secondary N) is 2. The fraction of sp³-hybridized carbons (Fsp3) is 0.0909. The van der Waals surface area contributed by atoms with E-state index in [1.54, 1.807) is 12.1 Å². The Labute approximate surface area is 169 Å². The van der Waals surface area contributed by atoms with Crippen LogP contribution in [-0.2, 0) is 10.1 Å². The fourth-order valence-corrected chi connectivity index (χ4v) is 4.76. The lowest BCUT2D eigenvalue weighted by molar-refractivity contribution is 0.482. The standard InChI is InChI=1S/C22H16N2O5S/c1-10-3-5-16-13(7-10)22(26)14-9-18-15(8-17(14)23-16)21(25)12-4-6-19(30(27,28)29)11(2)20(12)24-18/h3-9H,1-2H3,(H,23,26)(H,24,25)(H,27,28,29). The normalized spacial score (nSPS) is 12.4. The highest BCUT2D eigenvalue weighted by atomic mass is 32.2. The van der Waals surface area contributed by atoms with Gasteiger partial charge in [-0.2, -0.15) is 8.42 Å². The Morgan fingerprint density at radius 2 is 1.33 bits per heavy atom. The first-order valence-electron chi connectivity index (χ1n) is 9.18. The molecule has 8 heteroatoms. The molecule has 0 aliphatic rings. The summed E-state index contributed by atoms with van der Waals surface area (Å²) < 4.78 is 32.7. The number of benzene rings is 3. The summed E-state index contributed by atoms with van der Waals surface area (Å²) in [6, 6.07) is 11.4. The molecule has 0 fully saturated rings.